The van der Waals surface area contributed by atoms with Crippen LogP contribution in [0.15, 0.2) is 76.4 Å². The van der Waals surface area contributed by atoms with E-state index >= 15 is 0 Å². The minimum atomic E-state index is -0.542. The van der Waals surface area contributed by atoms with E-state index in [1.807, 2.05) is 19.1 Å². The van der Waals surface area contributed by atoms with Crippen molar-refractivity contribution in [1.29, 1.82) is 0 Å². The van der Waals surface area contributed by atoms with Crippen molar-refractivity contribution >= 4 is 35.1 Å². The van der Waals surface area contributed by atoms with Crippen molar-refractivity contribution < 1.29 is 14.4 Å². The van der Waals surface area contributed by atoms with E-state index in [0.717, 1.165) is 16.5 Å². The van der Waals surface area contributed by atoms with Crippen LogP contribution in [0, 0.1) is 0 Å². The van der Waals surface area contributed by atoms with Gasteiger partial charge in [-0.3, -0.25) is 19.2 Å². The van der Waals surface area contributed by atoms with E-state index in [1.165, 1.54) is 23.4 Å². The van der Waals surface area contributed by atoms with Crippen LogP contribution in [0.3, 0.4) is 0 Å². The standard InChI is InChI=1S/C26H26N6O4/c1-2-11-32(36-15-17-3-7-21(27)8-4-17)26(35)20-12-18-5-6-19(13-22(18)30-23(28)14-20)25(34)31-16-29-10-9-24(31)33/h3-10,12-13,16H,2,11,14-15,27H2,1H3,(H2,28,30). The third-order valence-electron chi connectivity index (χ3n) is 5.48. The highest BCUT2D eigenvalue weighted by atomic mass is 16.7. The quantitative estimate of drug-likeness (QED) is 0.386. The number of benzene rings is 2. The molecule has 0 aliphatic carbocycles. The largest absolute Gasteiger partial charge is 0.399 e. The number of amidine groups is 1. The number of nitrogens with zero attached hydrogens (tertiary/aromatic N) is 4. The number of amides is 1. The Kier molecular flexibility index (Phi) is 7.36. The molecule has 1 aromatic heterocycles. The maximum atomic E-state index is 13.4. The molecule has 4 rings (SSSR count). The number of nitrogens with two attached hydrogens (primary N) is 2. The first-order chi connectivity index (χ1) is 17.4. The summed E-state index contributed by atoms with van der Waals surface area (Å²) in [6.45, 7) is 2.55. The minimum Gasteiger partial charge on any atom is -0.399 e. The van der Waals surface area contributed by atoms with E-state index in [4.69, 9.17) is 16.3 Å². The molecule has 0 saturated carbocycles. The molecule has 0 unspecified atom stereocenters. The molecule has 1 aliphatic heterocycles. The van der Waals surface area contributed by atoms with Crippen molar-refractivity contribution in [1.82, 2.24) is 14.6 Å². The lowest BCUT2D eigenvalue weighted by Gasteiger charge is -2.22. The van der Waals surface area contributed by atoms with Crippen LogP contribution in [0.25, 0.3) is 6.08 Å². The van der Waals surface area contributed by atoms with E-state index in [9.17, 15) is 14.4 Å². The first-order valence-corrected chi connectivity index (χ1v) is 11.4. The van der Waals surface area contributed by atoms with Gasteiger partial charge in [0.1, 0.15) is 18.8 Å². The number of hydrogen-bond acceptors (Lipinski definition) is 8. The van der Waals surface area contributed by atoms with Gasteiger partial charge in [0, 0.05) is 47.6 Å². The van der Waals surface area contributed by atoms with Gasteiger partial charge in [-0.05, 0) is 42.3 Å². The number of aromatic nitrogens is 2. The van der Waals surface area contributed by atoms with Gasteiger partial charge in [-0.1, -0.05) is 25.1 Å². The van der Waals surface area contributed by atoms with Crippen molar-refractivity contribution in [3.63, 3.8) is 0 Å². The Morgan fingerprint density at radius 3 is 2.61 bits per heavy atom. The fourth-order valence-corrected chi connectivity index (χ4v) is 3.66. The van der Waals surface area contributed by atoms with Crippen molar-refractivity contribution in [2.24, 2.45) is 10.7 Å². The lowest BCUT2D eigenvalue weighted by atomic mass is 10.0. The molecule has 0 saturated heterocycles. The van der Waals surface area contributed by atoms with Gasteiger partial charge in [-0.2, -0.15) is 0 Å². The Bertz CT molecular complexity index is 1410. The van der Waals surface area contributed by atoms with Gasteiger partial charge in [0.25, 0.3) is 17.4 Å². The van der Waals surface area contributed by atoms with Gasteiger partial charge in [0.05, 0.1) is 5.69 Å². The molecule has 0 bridgehead atoms. The van der Waals surface area contributed by atoms with Crippen LogP contribution >= 0.6 is 0 Å². The normalized spacial score (nSPS) is 12.7. The van der Waals surface area contributed by atoms with Crippen molar-refractivity contribution in [2.75, 3.05) is 12.3 Å². The molecule has 3 aromatic rings. The summed E-state index contributed by atoms with van der Waals surface area (Å²) in [4.78, 5) is 52.3. The van der Waals surface area contributed by atoms with Crippen LogP contribution in [0.4, 0.5) is 11.4 Å². The fourth-order valence-electron chi connectivity index (χ4n) is 3.66. The molecule has 2 aromatic carbocycles. The number of hydroxylamine groups is 2. The zero-order valence-corrected chi connectivity index (χ0v) is 19.8. The third kappa shape index (κ3) is 5.56. The summed E-state index contributed by atoms with van der Waals surface area (Å²) in [5.74, 6) is -0.647. The van der Waals surface area contributed by atoms with Crippen LogP contribution in [-0.2, 0) is 16.2 Å². The number of anilines is 1. The zero-order valence-electron chi connectivity index (χ0n) is 19.8. The minimum absolute atomic E-state index is 0.115. The molecule has 1 aliphatic rings. The van der Waals surface area contributed by atoms with Crippen molar-refractivity contribution in [2.45, 2.75) is 26.4 Å². The lowest BCUT2D eigenvalue weighted by molar-refractivity contribution is -0.187. The van der Waals surface area contributed by atoms with Gasteiger partial charge in [-0.15, -0.1) is 0 Å². The highest BCUT2D eigenvalue weighted by Crippen LogP contribution is 2.29. The van der Waals surface area contributed by atoms with Crippen LogP contribution in [-0.4, -0.2) is 38.8 Å². The predicted molar refractivity (Wildman–Crippen MR) is 136 cm³/mol. The summed E-state index contributed by atoms with van der Waals surface area (Å²) >= 11 is 0. The van der Waals surface area contributed by atoms with Gasteiger partial charge in [0.2, 0.25) is 0 Å². The Morgan fingerprint density at radius 2 is 1.89 bits per heavy atom. The second kappa shape index (κ2) is 10.8. The number of carbonyl (C=O) groups is 2. The zero-order chi connectivity index (χ0) is 25.7. The molecular formula is C26H26N6O4. The summed E-state index contributed by atoms with van der Waals surface area (Å²) < 4.78 is 0.914. The van der Waals surface area contributed by atoms with Gasteiger partial charge in [-0.25, -0.2) is 19.6 Å². The number of carbonyl (C=O) groups excluding carboxylic acids is 2. The Balaban J connectivity index is 1.59. The number of fused-ring (bicyclic) bond motifs is 1. The number of nitrogen functional groups attached to an aromatic ring is 1. The summed E-state index contributed by atoms with van der Waals surface area (Å²) in [6, 6.07) is 13.2. The first kappa shape index (κ1) is 24.6. The summed E-state index contributed by atoms with van der Waals surface area (Å²) in [5.41, 5.74) is 14.6. The Morgan fingerprint density at radius 1 is 1.11 bits per heavy atom. The fraction of sp³-hybridized carbons (Fsp3) is 0.192. The maximum absolute atomic E-state index is 13.4. The summed E-state index contributed by atoms with van der Waals surface area (Å²) in [7, 11) is 0. The van der Waals surface area contributed by atoms with Crippen molar-refractivity contribution in [3.05, 3.63) is 93.7 Å². The molecule has 10 heteroatoms. The smallest absolute Gasteiger partial charge is 0.273 e. The average molecular weight is 487 g/mol. The molecular weight excluding hydrogens is 460 g/mol. The predicted octanol–water partition coefficient (Wildman–Crippen LogP) is 2.66. The second-order valence-electron chi connectivity index (χ2n) is 8.24. The van der Waals surface area contributed by atoms with E-state index in [0.29, 0.717) is 35.5 Å². The maximum Gasteiger partial charge on any atom is 0.273 e. The highest BCUT2D eigenvalue weighted by Gasteiger charge is 2.23. The molecule has 0 atom stereocenters. The topological polar surface area (TPSA) is 146 Å². The second-order valence-corrected chi connectivity index (χ2v) is 8.24. The van der Waals surface area contributed by atoms with Gasteiger partial charge in [0.15, 0.2) is 0 Å². The number of rotatable bonds is 7. The SMILES string of the molecule is CCCN(OCc1ccc(N)cc1)C(=O)C1=Cc2ccc(C(=O)n3cnccc3=O)cc2N=C(N)C1. The molecule has 10 nitrogen and oxygen atoms in total. The van der Waals surface area contributed by atoms with E-state index in [2.05, 4.69) is 9.98 Å². The van der Waals surface area contributed by atoms with Crippen LogP contribution in [0.2, 0.25) is 0 Å². The van der Waals surface area contributed by atoms with Crippen LogP contribution in [0.1, 0.15) is 41.3 Å². The Hall–Kier alpha value is -4.57. The number of hydrogen-bond donors (Lipinski definition) is 2. The van der Waals surface area contributed by atoms with Crippen molar-refractivity contribution in [3.8, 4) is 0 Å². The molecule has 1 amide bonds. The molecule has 0 spiro atoms. The molecule has 0 fully saturated rings. The third-order valence-corrected chi connectivity index (χ3v) is 5.48. The first-order valence-electron chi connectivity index (χ1n) is 11.4. The lowest BCUT2D eigenvalue weighted by Crippen LogP contribution is -2.34. The highest BCUT2D eigenvalue weighted by molar-refractivity contribution is 6.06. The van der Waals surface area contributed by atoms with Gasteiger partial charge >= 0.3 is 0 Å². The van der Waals surface area contributed by atoms with Crippen LogP contribution < -0.4 is 17.0 Å². The monoisotopic (exact) mass is 486 g/mol. The van der Waals surface area contributed by atoms with E-state index in [-0.39, 0.29) is 30.3 Å². The molecule has 184 valence electrons. The molecule has 36 heavy (non-hydrogen) atoms. The van der Waals surface area contributed by atoms with Crippen LogP contribution in [0.5, 0.6) is 0 Å². The molecule has 2 heterocycles. The summed E-state index contributed by atoms with van der Waals surface area (Å²) in [6.07, 6.45) is 4.99. The Labute approximate surface area is 207 Å². The van der Waals surface area contributed by atoms with Gasteiger partial charge < -0.3 is 11.5 Å². The summed E-state index contributed by atoms with van der Waals surface area (Å²) in [5, 5.41) is 1.33. The molecule has 0 radical (unpaired) electrons. The van der Waals surface area contributed by atoms with E-state index in [1.54, 1.807) is 30.3 Å². The number of aliphatic imine (C=N–C) groups is 1. The average Bonchev–Trinajstić information content (AvgIpc) is 3.04. The van der Waals surface area contributed by atoms with E-state index < -0.39 is 11.5 Å². The molecule has 4 N–H and O–H groups in total.